The number of likely N-dealkylation sites (N-methyl/N-ethyl adjacent to an activating group) is 1. The SMILES string of the molecule is CNC(Cc1cc(C)nn1C)c1cc(C)c(Br)c(C)c1. The van der Waals surface area contributed by atoms with Crippen molar-refractivity contribution in [1.82, 2.24) is 15.1 Å². The number of hydrogen-bond donors (Lipinski definition) is 1. The zero-order valence-electron chi connectivity index (χ0n) is 12.8. The van der Waals surface area contributed by atoms with Crippen LogP contribution in [0, 0.1) is 20.8 Å². The van der Waals surface area contributed by atoms with Gasteiger partial charge in [0, 0.05) is 29.7 Å². The van der Waals surface area contributed by atoms with Crippen LogP contribution in [0.4, 0.5) is 0 Å². The van der Waals surface area contributed by atoms with Gasteiger partial charge in [0.2, 0.25) is 0 Å². The summed E-state index contributed by atoms with van der Waals surface area (Å²) in [5.74, 6) is 0. The molecule has 1 atom stereocenters. The maximum Gasteiger partial charge on any atom is 0.0596 e. The number of aromatic nitrogens is 2. The molecule has 108 valence electrons. The van der Waals surface area contributed by atoms with Crippen molar-refractivity contribution in [2.75, 3.05) is 7.05 Å². The van der Waals surface area contributed by atoms with Gasteiger partial charge in [-0.25, -0.2) is 0 Å². The first-order valence-corrected chi connectivity index (χ1v) is 7.65. The fraction of sp³-hybridized carbons (Fsp3) is 0.438. The summed E-state index contributed by atoms with van der Waals surface area (Å²) >= 11 is 3.63. The molecule has 0 radical (unpaired) electrons. The lowest BCUT2D eigenvalue weighted by atomic mass is 9.98. The minimum atomic E-state index is 0.301. The van der Waals surface area contributed by atoms with Crippen LogP contribution in [0.15, 0.2) is 22.7 Å². The van der Waals surface area contributed by atoms with Crippen LogP contribution in [-0.4, -0.2) is 16.8 Å². The Kier molecular flexibility index (Phi) is 4.66. The van der Waals surface area contributed by atoms with Gasteiger partial charge in [-0.05, 0) is 50.6 Å². The van der Waals surface area contributed by atoms with Gasteiger partial charge in [-0.15, -0.1) is 0 Å². The van der Waals surface area contributed by atoms with Crippen LogP contribution in [0.3, 0.4) is 0 Å². The van der Waals surface area contributed by atoms with Crippen molar-refractivity contribution < 1.29 is 0 Å². The topological polar surface area (TPSA) is 29.9 Å². The summed E-state index contributed by atoms with van der Waals surface area (Å²) in [6.07, 6.45) is 0.939. The highest BCUT2D eigenvalue weighted by atomic mass is 79.9. The van der Waals surface area contributed by atoms with Gasteiger partial charge in [-0.1, -0.05) is 28.1 Å². The number of rotatable bonds is 4. The van der Waals surface area contributed by atoms with E-state index >= 15 is 0 Å². The molecule has 20 heavy (non-hydrogen) atoms. The first kappa shape index (κ1) is 15.3. The molecule has 0 amide bonds. The highest BCUT2D eigenvalue weighted by molar-refractivity contribution is 9.10. The van der Waals surface area contributed by atoms with E-state index in [-0.39, 0.29) is 0 Å². The van der Waals surface area contributed by atoms with Crippen LogP contribution in [0.1, 0.15) is 34.1 Å². The molecule has 3 nitrogen and oxygen atoms in total. The molecule has 0 aliphatic heterocycles. The zero-order valence-corrected chi connectivity index (χ0v) is 14.4. The minimum Gasteiger partial charge on any atom is -0.313 e. The molecule has 1 aromatic carbocycles. The molecule has 0 saturated carbocycles. The van der Waals surface area contributed by atoms with E-state index in [1.165, 1.54) is 26.9 Å². The molecule has 1 aromatic heterocycles. The predicted octanol–water partition coefficient (Wildman–Crippen LogP) is 3.61. The molecule has 0 aliphatic carbocycles. The predicted molar refractivity (Wildman–Crippen MR) is 87.1 cm³/mol. The standard InChI is InChI=1S/C16H22BrN3/c1-10-6-13(7-11(2)16(10)17)15(18-4)9-14-8-12(3)19-20(14)5/h6-8,15,18H,9H2,1-5H3. The highest BCUT2D eigenvalue weighted by Gasteiger charge is 2.15. The van der Waals surface area contributed by atoms with E-state index in [2.05, 4.69) is 58.4 Å². The van der Waals surface area contributed by atoms with E-state index in [4.69, 9.17) is 0 Å². The van der Waals surface area contributed by atoms with E-state index in [1.54, 1.807) is 0 Å². The summed E-state index contributed by atoms with van der Waals surface area (Å²) in [5.41, 5.74) is 6.20. The fourth-order valence-corrected chi connectivity index (χ4v) is 2.86. The third kappa shape index (κ3) is 3.13. The Labute approximate surface area is 129 Å². The van der Waals surface area contributed by atoms with Crippen molar-refractivity contribution in [2.45, 2.75) is 33.2 Å². The van der Waals surface area contributed by atoms with E-state index in [0.717, 1.165) is 12.1 Å². The molecule has 1 unspecified atom stereocenters. The minimum absolute atomic E-state index is 0.301. The van der Waals surface area contributed by atoms with Crippen LogP contribution < -0.4 is 5.32 Å². The Bertz CT molecular complexity index is 593. The lowest BCUT2D eigenvalue weighted by Crippen LogP contribution is -2.20. The van der Waals surface area contributed by atoms with E-state index in [9.17, 15) is 0 Å². The molecule has 0 bridgehead atoms. The van der Waals surface area contributed by atoms with Gasteiger partial charge in [0.25, 0.3) is 0 Å². The Morgan fingerprint density at radius 1 is 1.20 bits per heavy atom. The van der Waals surface area contributed by atoms with E-state index < -0.39 is 0 Å². The van der Waals surface area contributed by atoms with E-state index in [1.807, 2.05) is 25.7 Å². The summed E-state index contributed by atoms with van der Waals surface area (Å²) in [4.78, 5) is 0. The molecule has 0 spiro atoms. The second kappa shape index (κ2) is 6.10. The van der Waals surface area contributed by atoms with Crippen LogP contribution in [0.25, 0.3) is 0 Å². The van der Waals surface area contributed by atoms with Crippen molar-refractivity contribution in [1.29, 1.82) is 0 Å². The Balaban J connectivity index is 2.31. The maximum atomic E-state index is 4.42. The van der Waals surface area contributed by atoms with Gasteiger partial charge in [0.1, 0.15) is 0 Å². The van der Waals surface area contributed by atoms with Crippen molar-refractivity contribution in [3.63, 3.8) is 0 Å². The average Bonchev–Trinajstić information content (AvgIpc) is 2.70. The third-order valence-electron chi connectivity index (χ3n) is 3.72. The molecule has 0 aliphatic rings. The first-order valence-electron chi connectivity index (χ1n) is 6.85. The van der Waals surface area contributed by atoms with Gasteiger partial charge >= 0.3 is 0 Å². The molecule has 2 rings (SSSR count). The molecule has 2 aromatic rings. The van der Waals surface area contributed by atoms with Crippen LogP contribution in [0.5, 0.6) is 0 Å². The molecular weight excluding hydrogens is 314 g/mol. The van der Waals surface area contributed by atoms with Crippen LogP contribution >= 0.6 is 15.9 Å². The van der Waals surface area contributed by atoms with Gasteiger partial charge in [0.15, 0.2) is 0 Å². The Hall–Kier alpha value is -1.13. The lowest BCUT2D eigenvalue weighted by molar-refractivity contribution is 0.560. The van der Waals surface area contributed by atoms with Crippen molar-refractivity contribution in [3.05, 3.63) is 50.8 Å². The third-order valence-corrected chi connectivity index (χ3v) is 4.97. The fourth-order valence-electron chi connectivity index (χ4n) is 2.63. The summed E-state index contributed by atoms with van der Waals surface area (Å²) in [5, 5.41) is 7.84. The molecule has 4 heteroatoms. The van der Waals surface area contributed by atoms with Gasteiger partial charge in [-0.3, -0.25) is 4.68 Å². The summed E-state index contributed by atoms with van der Waals surface area (Å²) in [7, 11) is 4.02. The number of nitrogens with one attached hydrogen (secondary N) is 1. The van der Waals surface area contributed by atoms with E-state index in [0.29, 0.717) is 6.04 Å². The number of benzene rings is 1. The largest absolute Gasteiger partial charge is 0.313 e. The molecule has 1 heterocycles. The summed E-state index contributed by atoms with van der Waals surface area (Å²) in [6, 6.07) is 6.96. The summed E-state index contributed by atoms with van der Waals surface area (Å²) < 4.78 is 3.17. The highest BCUT2D eigenvalue weighted by Crippen LogP contribution is 2.27. The smallest absolute Gasteiger partial charge is 0.0596 e. The number of hydrogen-bond acceptors (Lipinski definition) is 2. The monoisotopic (exact) mass is 335 g/mol. The number of nitrogens with zero attached hydrogens (tertiary/aromatic N) is 2. The Morgan fingerprint density at radius 2 is 1.80 bits per heavy atom. The maximum absolute atomic E-state index is 4.42. The molecule has 0 fully saturated rings. The normalized spacial score (nSPS) is 12.7. The first-order chi connectivity index (χ1) is 9.42. The van der Waals surface area contributed by atoms with Crippen LogP contribution in [-0.2, 0) is 13.5 Å². The quantitative estimate of drug-likeness (QED) is 0.924. The number of aryl methyl sites for hydroxylation is 4. The summed E-state index contributed by atoms with van der Waals surface area (Å²) in [6.45, 7) is 6.31. The Morgan fingerprint density at radius 3 is 2.25 bits per heavy atom. The zero-order chi connectivity index (χ0) is 14.9. The number of halogens is 1. The van der Waals surface area contributed by atoms with Crippen molar-refractivity contribution >= 4 is 15.9 Å². The average molecular weight is 336 g/mol. The second-order valence-corrected chi connectivity index (χ2v) is 6.21. The van der Waals surface area contributed by atoms with Gasteiger partial charge in [-0.2, -0.15) is 5.10 Å². The van der Waals surface area contributed by atoms with Gasteiger partial charge in [0.05, 0.1) is 5.69 Å². The van der Waals surface area contributed by atoms with Crippen molar-refractivity contribution in [2.24, 2.45) is 7.05 Å². The molecular formula is C16H22BrN3. The molecule has 1 N–H and O–H groups in total. The molecule has 0 saturated heterocycles. The van der Waals surface area contributed by atoms with Gasteiger partial charge < -0.3 is 5.32 Å². The second-order valence-electron chi connectivity index (χ2n) is 5.41. The van der Waals surface area contributed by atoms with Crippen molar-refractivity contribution in [3.8, 4) is 0 Å². The lowest BCUT2D eigenvalue weighted by Gasteiger charge is -2.19. The van der Waals surface area contributed by atoms with Crippen LogP contribution in [0.2, 0.25) is 0 Å².